The minimum absolute atomic E-state index is 0.0517. The van der Waals surface area contributed by atoms with Gasteiger partial charge in [0.25, 0.3) is 10.0 Å². The number of carbonyl (C=O) groups is 1. The lowest BCUT2D eigenvalue weighted by Crippen LogP contribution is -2.38. The number of imidazole rings is 1. The second kappa shape index (κ2) is 5.01. The van der Waals surface area contributed by atoms with Crippen LogP contribution in [-0.4, -0.2) is 36.3 Å². The van der Waals surface area contributed by atoms with Crippen LogP contribution in [0.25, 0.3) is 5.65 Å². The molecular formula is C12H15N5O3S. The van der Waals surface area contributed by atoms with Gasteiger partial charge in [-0.05, 0) is 18.6 Å². The number of nitrogens with zero attached hydrogens (tertiary/aromatic N) is 2. The van der Waals surface area contributed by atoms with E-state index >= 15 is 0 Å². The average Bonchev–Trinajstić information content (AvgIpc) is 2.99. The van der Waals surface area contributed by atoms with Crippen LogP contribution in [0.15, 0.2) is 29.4 Å². The van der Waals surface area contributed by atoms with Crippen LogP contribution in [0.1, 0.15) is 12.8 Å². The largest absolute Gasteiger partial charge is 0.381 e. The first-order valence-corrected chi connectivity index (χ1v) is 7.97. The summed E-state index contributed by atoms with van der Waals surface area (Å²) in [4.78, 5) is 15.1. The molecule has 1 fully saturated rings. The van der Waals surface area contributed by atoms with Gasteiger partial charge in [0.15, 0.2) is 10.8 Å². The Balaban J connectivity index is 1.86. The highest BCUT2D eigenvalue weighted by atomic mass is 32.2. The first-order chi connectivity index (χ1) is 9.97. The van der Waals surface area contributed by atoms with Crippen molar-refractivity contribution in [1.82, 2.24) is 19.4 Å². The molecule has 1 atom stereocenters. The maximum Gasteiger partial charge on any atom is 0.260 e. The molecule has 0 aliphatic carbocycles. The van der Waals surface area contributed by atoms with Gasteiger partial charge in [-0.3, -0.25) is 9.20 Å². The predicted molar refractivity (Wildman–Crippen MR) is 76.0 cm³/mol. The molecule has 1 aliphatic rings. The highest BCUT2D eigenvalue weighted by Gasteiger charge is 2.27. The van der Waals surface area contributed by atoms with Crippen molar-refractivity contribution in [2.45, 2.75) is 23.9 Å². The number of nitrogens with two attached hydrogens (primary N) is 1. The van der Waals surface area contributed by atoms with E-state index in [0.717, 1.165) is 0 Å². The van der Waals surface area contributed by atoms with E-state index in [9.17, 15) is 13.2 Å². The fourth-order valence-corrected chi connectivity index (χ4v) is 3.66. The molecule has 3 heterocycles. The van der Waals surface area contributed by atoms with Crippen LogP contribution in [-0.2, 0) is 14.8 Å². The Hall–Kier alpha value is -2.13. The summed E-state index contributed by atoms with van der Waals surface area (Å²) in [6.45, 7) is 0.133. The molecule has 8 nitrogen and oxygen atoms in total. The number of nitrogen functional groups attached to an aromatic ring is 1. The maximum absolute atomic E-state index is 12.4. The van der Waals surface area contributed by atoms with Crippen LogP contribution in [0.5, 0.6) is 0 Å². The van der Waals surface area contributed by atoms with Crippen LogP contribution in [0.2, 0.25) is 0 Å². The number of nitrogens with one attached hydrogen (secondary N) is 2. The molecule has 1 unspecified atom stereocenters. The van der Waals surface area contributed by atoms with E-state index in [1.165, 1.54) is 4.40 Å². The lowest BCUT2D eigenvalue weighted by molar-refractivity contribution is -0.119. The molecule has 1 amide bonds. The van der Waals surface area contributed by atoms with E-state index in [0.29, 0.717) is 18.5 Å². The molecule has 0 spiro atoms. The Morgan fingerprint density at radius 1 is 1.48 bits per heavy atom. The summed E-state index contributed by atoms with van der Waals surface area (Å²) in [5, 5.41) is 2.62. The van der Waals surface area contributed by atoms with Crippen LogP contribution in [0.4, 0.5) is 5.82 Å². The van der Waals surface area contributed by atoms with E-state index in [4.69, 9.17) is 5.73 Å². The molecule has 0 aromatic carbocycles. The van der Waals surface area contributed by atoms with Gasteiger partial charge in [0.05, 0.1) is 0 Å². The summed E-state index contributed by atoms with van der Waals surface area (Å²) < 4.78 is 28.7. The molecule has 0 saturated carbocycles. The van der Waals surface area contributed by atoms with Gasteiger partial charge in [0.1, 0.15) is 5.65 Å². The maximum atomic E-state index is 12.4. The molecule has 3 rings (SSSR count). The van der Waals surface area contributed by atoms with E-state index in [1.807, 2.05) is 0 Å². The third kappa shape index (κ3) is 2.57. The highest BCUT2D eigenvalue weighted by Crippen LogP contribution is 2.19. The number of rotatable bonds is 4. The fraction of sp³-hybridized carbons (Fsp3) is 0.333. The number of hydrogen-bond donors (Lipinski definition) is 3. The summed E-state index contributed by atoms with van der Waals surface area (Å²) in [5.41, 5.74) is 6.19. The monoisotopic (exact) mass is 309 g/mol. The summed E-state index contributed by atoms with van der Waals surface area (Å²) in [7, 11) is -3.81. The normalized spacial score (nSPS) is 19.0. The third-order valence-electron chi connectivity index (χ3n) is 3.37. The smallest absolute Gasteiger partial charge is 0.260 e. The zero-order valence-electron chi connectivity index (χ0n) is 11.1. The van der Waals surface area contributed by atoms with Gasteiger partial charge < -0.3 is 11.1 Å². The minimum Gasteiger partial charge on any atom is -0.381 e. The summed E-state index contributed by atoms with van der Waals surface area (Å²) >= 11 is 0. The Morgan fingerprint density at radius 3 is 3.00 bits per heavy atom. The summed E-state index contributed by atoms with van der Waals surface area (Å²) in [6, 6.07) is 4.93. The van der Waals surface area contributed by atoms with Gasteiger partial charge in [0.2, 0.25) is 5.91 Å². The van der Waals surface area contributed by atoms with E-state index in [2.05, 4.69) is 15.0 Å². The second-order valence-electron chi connectivity index (χ2n) is 4.89. The molecular weight excluding hydrogens is 294 g/mol. The van der Waals surface area contributed by atoms with Gasteiger partial charge in [-0.15, -0.1) is 0 Å². The molecule has 2 aromatic rings. The SMILES string of the molecule is Nc1nc2ccccn2c1S(=O)(=O)NCC1CCC(=O)N1. The number of pyridine rings is 1. The topological polar surface area (TPSA) is 119 Å². The van der Waals surface area contributed by atoms with Crippen molar-refractivity contribution < 1.29 is 13.2 Å². The molecule has 1 saturated heterocycles. The van der Waals surface area contributed by atoms with E-state index in [1.54, 1.807) is 24.4 Å². The van der Waals surface area contributed by atoms with Crippen molar-refractivity contribution in [2.24, 2.45) is 0 Å². The van der Waals surface area contributed by atoms with Gasteiger partial charge >= 0.3 is 0 Å². The number of hydrogen-bond acceptors (Lipinski definition) is 5. The molecule has 4 N–H and O–H groups in total. The Morgan fingerprint density at radius 2 is 2.29 bits per heavy atom. The molecule has 112 valence electrons. The van der Waals surface area contributed by atoms with Gasteiger partial charge in [-0.2, -0.15) is 0 Å². The van der Waals surface area contributed by atoms with E-state index in [-0.39, 0.29) is 29.3 Å². The number of sulfonamides is 1. The third-order valence-corrected chi connectivity index (χ3v) is 4.83. The van der Waals surface area contributed by atoms with Crippen molar-refractivity contribution >= 4 is 27.4 Å². The Bertz CT molecular complexity index is 798. The zero-order chi connectivity index (χ0) is 15.0. The molecule has 0 bridgehead atoms. The van der Waals surface area contributed by atoms with Crippen LogP contribution in [0, 0.1) is 0 Å². The van der Waals surface area contributed by atoms with Crippen LogP contribution >= 0.6 is 0 Å². The first kappa shape index (κ1) is 13.8. The quantitative estimate of drug-likeness (QED) is 0.702. The lowest BCUT2D eigenvalue weighted by atomic mass is 10.2. The Labute approximate surface area is 121 Å². The van der Waals surface area contributed by atoms with E-state index < -0.39 is 10.0 Å². The predicted octanol–water partition coefficient (Wildman–Crippen LogP) is -0.527. The molecule has 21 heavy (non-hydrogen) atoms. The molecule has 1 aliphatic heterocycles. The van der Waals surface area contributed by atoms with Gasteiger partial charge in [0, 0.05) is 25.2 Å². The zero-order valence-corrected chi connectivity index (χ0v) is 11.9. The Kier molecular flexibility index (Phi) is 3.30. The van der Waals surface area contributed by atoms with Gasteiger partial charge in [-0.25, -0.2) is 18.1 Å². The second-order valence-corrected chi connectivity index (χ2v) is 6.57. The van der Waals surface area contributed by atoms with Crippen molar-refractivity contribution in [3.63, 3.8) is 0 Å². The molecule has 0 radical (unpaired) electrons. The number of anilines is 1. The average molecular weight is 309 g/mol. The van der Waals surface area contributed by atoms with Crippen molar-refractivity contribution in [1.29, 1.82) is 0 Å². The number of aromatic nitrogens is 2. The highest BCUT2D eigenvalue weighted by molar-refractivity contribution is 7.89. The first-order valence-electron chi connectivity index (χ1n) is 6.49. The molecule has 2 aromatic heterocycles. The van der Waals surface area contributed by atoms with Crippen molar-refractivity contribution in [3.8, 4) is 0 Å². The lowest BCUT2D eigenvalue weighted by Gasteiger charge is -2.12. The standard InChI is InChI=1S/C12H15N5O3S/c13-11-12(17-6-2-1-3-9(17)16-11)21(19,20)14-7-8-4-5-10(18)15-8/h1-3,6,8,14H,4-5,7,13H2,(H,15,18). The fourth-order valence-electron chi connectivity index (χ4n) is 2.37. The number of amides is 1. The number of carbonyl (C=O) groups excluding carboxylic acids is 1. The number of fused-ring (bicyclic) bond motifs is 1. The van der Waals surface area contributed by atoms with Crippen molar-refractivity contribution in [2.75, 3.05) is 12.3 Å². The summed E-state index contributed by atoms with van der Waals surface area (Å²) in [5.74, 6) is -0.113. The van der Waals surface area contributed by atoms with Crippen molar-refractivity contribution in [3.05, 3.63) is 24.4 Å². The van der Waals surface area contributed by atoms with Gasteiger partial charge in [-0.1, -0.05) is 6.07 Å². The van der Waals surface area contributed by atoms with Crippen LogP contribution in [0.3, 0.4) is 0 Å². The minimum atomic E-state index is -3.81. The van der Waals surface area contributed by atoms with Crippen LogP contribution < -0.4 is 15.8 Å². The summed E-state index contributed by atoms with van der Waals surface area (Å²) in [6.07, 6.45) is 2.62. The molecule has 9 heteroatoms.